The summed E-state index contributed by atoms with van der Waals surface area (Å²) in [5.41, 5.74) is 0.964. The molecule has 0 amide bonds. The standard InChI is InChI=1S/C12H26OSi2/c1-14(2,3)12-9-7-11(8-10-12)13-15(4,5)6/h7,12H,8-10H2,1-6H3. The summed E-state index contributed by atoms with van der Waals surface area (Å²) in [6, 6.07) is 0. The Bertz CT molecular complexity index is 245. The Kier molecular flexibility index (Phi) is 3.87. The van der Waals surface area contributed by atoms with Crippen LogP contribution in [0.4, 0.5) is 0 Å². The minimum absolute atomic E-state index is 0.933. The largest absolute Gasteiger partial charge is 0.548 e. The molecule has 0 radical (unpaired) electrons. The van der Waals surface area contributed by atoms with Gasteiger partial charge in [-0.3, -0.25) is 0 Å². The Morgan fingerprint density at radius 1 is 1.13 bits per heavy atom. The molecular weight excluding hydrogens is 216 g/mol. The van der Waals surface area contributed by atoms with E-state index in [9.17, 15) is 0 Å². The van der Waals surface area contributed by atoms with Gasteiger partial charge in [0.15, 0.2) is 0 Å². The molecular formula is C12H26OSi2. The third-order valence-electron chi connectivity index (χ3n) is 3.03. The van der Waals surface area contributed by atoms with Gasteiger partial charge in [-0.15, -0.1) is 0 Å². The van der Waals surface area contributed by atoms with Crippen molar-refractivity contribution in [3.8, 4) is 0 Å². The van der Waals surface area contributed by atoms with E-state index < -0.39 is 16.4 Å². The van der Waals surface area contributed by atoms with E-state index in [1.54, 1.807) is 0 Å². The van der Waals surface area contributed by atoms with E-state index in [0.29, 0.717) is 0 Å². The number of hydrogen-bond donors (Lipinski definition) is 0. The second kappa shape index (κ2) is 4.46. The highest BCUT2D eigenvalue weighted by Gasteiger charge is 2.29. The zero-order chi connectivity index (χ0) is 11.7. The maximum absolute atomic E-state index is 6.06. The molecule has 1 nitrogen and oxygen atoms in total. The number of hydrogen-bond acceptors (Lipinski definition) is 1. The average molecular weight is 243 g/mol. The fourth-order valence-electron chi connectivity index (χ4n) is 2.08. The highest BCUT2D eigenvalue weighted by Crippen LogP contribution is 2.36. The van der Waals surface area contributed by atoms with Crippen LogP contribution in [-0.2, 0) is 4.43 Å². The molecule has 88 valence electrons. The molecule has 0 aliphatic heterocycles. The summed E-state index contributed by atoms with van der Waals surface area (Å²) in [4.78, 5) is 0. The van der Waals surface area contributed by atoms with Gasteiger partial charge >= 0.3 is 0 Å². The molecule has 1 aliphatic rings. The predicted molar refractivity (Wildman–Crippen MR) is 73.5 cm³/mol. The van der Waals surface area contributed by atoms with Gasteiger partial charge < -0.3 is 4.43 Å². The topological polar surface area (TPSA) is 9.23 Å². The van der Waals surface area contributed by atoms with Crippen molar-refractivity contribution in [2.45, 2.75) is 64.1 Å². The molecule has 0 bridgehead atoms. The molecule has 0 saturated carbocycles. The average Bonchev–Trinajstić information content (AvgIpc) is 2.00. The van der Waals surface area contributed by atoms with E-state index in [1.165, 1.54) is 25.0 Å². The lowest BCUT2D eigenvalue weighted by atomic mass is 10.1. The fourth-order valence-corrected chi connectivity index (χ4v) is 4.89. The van der Waals surface area contributed by atoms with E-state index in [0.717, 1.165) is 5.54 Å². The molecule has 1 atom stereocenters. The predicted octanol–water partition coefficient (Wildman–Crippen LogP) is 4.61. The first-order valence-corrected chi connectivity index (χ1v) is 13.0. The van der Waals surface area contributed by atoms with Crippen LogP contribution in [0.15, 0.2) is 11.8 Å². The first-order valence-electron chi connectivity index (χ1n) is 6.06. The van der Waals surface area contributed by atoms with Crippen LogP contribution in [0.5, 0.6) is 0 Å². The van der Waals surface area contributed by atoms with Gasteiger partial charge in [-0.1, -0.05) is 19.6 Å². The van der Waals surface area contributed by atoms with E-state index >= 15 is 0 Å². The lowest BCUT2D eigenvalue weighted by Gasteiger charge is -2.33. The van der Waals surface area contributed by atoms with Crippen molar-refractivity contribution >= 4 is 16.4 Å². The van der Waals surface area contributed by atoms with Gasteiger partial charge in [-0.05, 0) is 44.1 Å². The van der Waals surface area contributed by atoms with Gasteiger partial charge in [0.05, 0.1) is 5.76 Å². The van der Waals surface area contributed by atoms with E-state index in [4.69, 9.17) is 4.43 Å². The molecule has 1 rings (SSSR count). The van der Waals surface area contributed by atoms with Crippen molar-refractivity contribution in [3.63, 3.8) is 0 Å². The lowest BCUT2D eigenvalue weighted by Crippen LogP contribution is -2.31. The third kappa shape index (κ3) is 4.55. The SMILES string of the molecule is C[Si](C)(C)OC1=CCC([Si](C)(C)C)CC1. The first kappa shape index (κ1) is 13.0. The van der Waals surface area contributed by atoms with Crippen LogP contribution in [0, 0.1) is 0 Å². The van der Waals surface area contributed by atoms with Crippen LogP contribution in [0.1, 0.15) is 19.3 Å². The summed E-state index contributed by atoms with van der Waals surface area (Å²) in [7, 11) is -2.30. The van der Waals surface area contributed by atoms with E-state index in [1.807, 2.05) is 0 Å². The Balaban J connectivity index is 2.53. The molecule has 0 aromatic carbocycles. The highest BCUT2D eigenvalue weighted by atomic mass is 28.4. The molecule has 3 heteroatoms. The van der Waals surface area contributed by atoms with Crippen molar-refractivity contribution < 1.29 is 4.43 Å². The third-order valence-corrected chi connectivity index (χ3v) is 6.88. The molecule has 0 fully saturated rings. The summed E-state index contributed by atoms with van der Waals surface area (Å²) in [6.45, 7) is 14.2. The van der Waals surface area contributed by atoms with Gasteiger partial charge in [-0.2, -0.15) is 0 Å². The van der Waals surface area contributed by atoms with Crippen LogP contribution in [0.25, 0.3) is 0 Å². The molecule has 0 N–H and O–H groups in total. The number of rotatable bonds is 3. The zero-order valence-electron chi connectivity index (χ0n) is 11.2. The quantitative estimate of drug-likeness (QED) is 0.657. The summed E-state index contributed by atoms with van der Waals surface area (Å²) < 4.78 is 6.06. The Hall–Kier alpha value is -0.0262. The number of allylic oxidation sites excluding steroid dienone is 2. The minimum Gasteiger partial charge on any atom is -0.548 e. The van der Waals surface area contributed by atoms with E-state index in [-0.39, 0.29) is 0 Å². The van der Waals surface area contributed by atoms with Crippen molar-refractivity contribution in [2.75, 3.05) is 0 Å². The smallest absolute Gasteiger partial charge is 0.241 e. The van der Waals surface area contributed by atoms with Crippen LogP contribution < -0.4 is 0 Å². The molecule has 15 heavy (non-hydrogen) atoms. The molecule has 0 spiro atoms. The van der Waals surface area contributed by atoms with E-state index in [2.05, 4.69) is 45.4 Å². The van der Waals surface area contributed by atoms with Crippen molar-refractivity contribution in [2.24, 2.45) is 0 Å². The Morgan fingerprint density at radius 2 is 1.73 bits per heavy atom. The van der Waals surface area contributed by atoms with Crippen molar-refractivity contribution in [1.82, 2.24) is 0 Å². The summed E-state index contributed by atoms with van der Waals surface area (Å²) >= 11 is 0. The lowest BCUT2D eigenvalue weighted by molar-refractivity contribution is 0.378. The van der Waals surface area contributed by atoms with Gasteiger partial charge in [0.2, 0.25) is 8.32 Å². The molecule has 0 heterocycles. The Morgan fingerprint density at radius 3 is 2.07 bits per heavy atom. The normalized spacial score (nSPS) is 23.6. The minimum atomic E-state index is -1.37. The van der Waals surface area contributed by atoms with Crippen LogP contribution in [-0.4, -0.2) is 16.4 Å². The molecule has 0 saturated heterocycles. The fraction of sp³-hybridized carbons (Fsp3) is 0.833. The highest BCUT2D eigenvalue weighted by molar-refractivity contribution is 6.77. The second-order valence-electron chi connectivity index (χ2n) is 6.72. The van der Waals surface area contributed by atoms with Crippen molar-refractivity contribution in [3.05, 3.63) is 11.8 Å². The first-order chi connectivity index (χ1) is 6.68. The summed E-state index contributed by atoms with van der Waals surface area (Å²) in [5, 5.41) is 0. The van der Waals surface area contributed by atoms with Crippen LogP contribution in [0.2, 0.25) is 44.8 Å². The van der Waals surface area contributed by atoms with Gasteiger partial charge in [-0.25, -0.2) is 0 Å². The maximum Gasteiger partial charge on any atom is 0.241 e. The maximum atomic E-state index is 6.06. The van der Waals surface area contributed by atoms with Gasteiger partial charge in [0.1, 0.15) is 0 Å². The van der Waals surface area contributed by atoms with Crippen LogP contribution in [0.3, 0.4) is 0 Å². The summed E-state index contributed by atoms with van der Waals surface area (Å²) in [5.74, 6) is 1.28. The Labute approximate surface area is 97.1 Å². The zero-order valence-corrected chi connectivity index (χ0v) is 13.2. The monoisotopic (exact) mass is 242 g/mol. The molecule has 0 aromatic heterocycles. The van der Waals surface area contributed by atoms with Gasteiger partial charge in [0.25, 0.3) is 0 Å². The van der Waals surface area contributed by atoms with Gasteiger partial charge in [0, 0.05) is 14.5 Å². The van der Waals surface area contributed by atoms with Crippen molar-refractivity contribution in [1.29, 1.82) is 0 Å². The molecule has 1 aliphatic carbocycles. The molecule has 0 aromatic rings. The van der Waals surface area contributed by atoms with Crippen LogP contribution >= 0.6 is 0 Å². The second-order valence-corrected chi connectivity index (χ2v) is 16.7. The summed E-state index contributed by atoms with van der Waals surface area (Å²) in [6.07, 6.45) is 6.16. The molecule has 1 unspecified atom stereocenters.